The molecular formula is C13H14FN3O3S. The number of carbonyl (C=O) groups is 1. The van der Waals surface area contributed by atoms with Crippen LogP contribution in [-0.2, 0) is 4.79 Å². The van der Waals surface area contributed by atoms with Crippen molar-refractivity contribution in [2.24, 2.45) is 5.73 Å². The summed E-state index contributed by atoms with van der Waals surface area (Å²) in [6, 6.07) is 5.61. The van der Waals surface area contributed by atoms with Crippen molar-refractivity contribution < 1.29 is 18.3 Å². The molecule has 8 heteroatoms. The van der Waals surface area contributed by atoms with Gasteiger partial charge in [0.1, 0.15) is 11.6 Å². The van der Waals surface area contributed by atoms with Gasteiger partial charge >= 0.3 is 0 Å². The number of halogens is 1. The molecule has 112 valence electrons. The van der Waals surface area contributed by atoms with E-state index in [4.69, 9.17) is 14.9 Å². The second kappa shape index (κ2) is 6.57. The Morgan fingerprint density at radius 3 is 2.62 bits per heavy atom. The van der Waals surface area contributed by atoms with Crippen molar-refractivity contribution in [3.63, 3.8) is 0 Å². The normalized spacial score (nSPS) is 13.7. The van der Waals surface area contributed by atoms with Crippen LogP contribution in [0.3, 0.4) is 0 Å². The van der Waals surface area contributed by atoms with Gasteiger partial charge in [0.15, 0.2) is 6.10 Å². The molecule has 0 saturated carbocycles. The number of thioether (sulfide) groups is 1. The van der Waals surface area contributed by atoms with Gasteiger partial charge in [-0.15, -0.1) is 10.2 Å². The lowest BCUT2D eigenvalue weighted by Gasteiger charge is -2.10. The van der Waals surface area contributed by atoms with Crippen molar-refractivity contribution in [1.82, 2.24) is 10.2 Å². The van der Waals surface area contributed by atoms with Gasteiger partial charge in [0.05, 0.1) is 5.25 Å². The van der Waals surface area contributed by atoms with Gasteiger partial charge in [-0.2, -0.15) is 0 Å². The van der Waals surface area contributed by atoms with E-state index in [1.54, 1.807) is 13.8 Å². The van der Waals surface area contributed by atoms with Crippen LogP contribution in [0.2, 0.25) is 0 Å². The Bertz CT molecular complexity index is 617. The third-order valence-corrected chi connectivity index (χ3v) is 3.53. The van der Waals surface area contributed by atoms with Gasteiger partial charge in [0.2, 0.25) is 5.91 Å². The number of amides is 1. The Kier molecular flexibility index (Phi) is 4.79. The summed E-state index contributed by atoms with van der Waals surface area (Å²) < 4.78 is 23.8. The monoisotopic (exact) mass is 311 g/mol. The molecule has 21 heavy (non-hydrogen) atoms. The summed E-state index contributed by atoms with van der Waals surface area (Å²) in [5.41, 5.74) is 5.16. The summed E-state index contributed by atoms with van der Waals surface area (Å²) in [5, 5.41) is 7.44. The SMILES string of the molecule is C[C@@H](Sc1nnc([C@@H](C)Oc2ccc(F)cc2)o1)C(N)=O. The highest BCUT2D eigenvalue weighted by atomic mass is 32.2. The van der Waals surface area contributed by atoms with E-state index >= 15 is 0 Å². The zero-order valence-electron chi connectivity index (χ0n) is 11.4. The maximum Gasteiger partial charge on any atom is 0.277 e. The number of ether oxygens (including phenoxy) is 1. The maximum absolute atomic E-state index is 12.8. The Balaban J connectivity index is 2.00. The van der Waals surface area contributed by atoms with E-state index in [9.17, 15) is 9.18 Å². The third kappa shape index (κ3) is 4.19. The predicted octanol–water partition coefficient (Wildman–Crippen LogP) is 2.31. The molecule has 0 bridgehead atoms. The molecule has 2 N–H and O–H groups in total. The number of benzene rings is 1. The van der Waals surface area contributed by atoms with Crippen LogP contribution in [-0.4, -0.2) is 21.4 Å². The zero-order chi connectivity index (χ0) is 15.4. The van der Waals surface area contributed by atoms with E-state index < -0.39 is 17.3 Å². The number of nitrogens with two attached hydrogens (primary N) is 1. The Hall–Kier alpha value is -2.09. The molecule has 0 aliphatic rings. The topological polar surface area (TPSA) is 91.2 Å². The first-order valence-electron chi connectivity index (χ1n) is 6.17. The zero-order valence-corrected chi connectivity index (χ0v) is 12.3. The molecule has 0 fully saturated rings. The molecule has 0 aliphatic carbocycles. The first kappa shape index (κ1) is 15.3. The molecule has 1 heterocycles. The number of carbonyl (C=O) groups excluding carboxylic acids is 1. The van der Waals surface area contributed by atoms with E-state index in [-0.39, 0.29) is 16.9 Å². The van der Waals surface area contributed by atoms with Crippen molar-refractivity contribution in [1.29, 1.82) is 0 Å². The molecule has 0 unspecified atom stereocenters. The number of nitrogens with zero attached hydrogens (tertiary/aromatic N) is 2. The van der Waals surface area contributed by atoms with E-state index in [0.717, 1.165) is 11.8 Å². The molecule has 2 atom stereocenters. The lowest BCUT2D eigenvalue weighted by atomic mass is 10.3. The standard InChI is InChI=1S/C13H14FN3O3S/c1-7(19-10-5-3-9(14)4-6-10)12-16-17-13(20-12)21-8(2)11(15)18/h3-8H,1-2H3,(H2,15,18)/t7-,8-/m1/s1. The van der Waals surface area contributed by atoms with Crippen molar-refractivity contribution in [3.8, 4) is 5.75 Å². The summed E-state index contributed by atoms with van der Waals surface area (Å²) in [4.78, 5) is 11.0. The van der Waals surface area contributed by atoms with Gasteiger partial charge in [0, 0.05) is 0 Å². The number of primary amides is 1. The molecule has 2 rings (SSSR count). The minimum atomic E-state index is -0.499. The van der Waals surface area contributed by atoms with Gasteiger partial charge < -0.3 is 14.9 Å². The quantitative estimate of drug-likeness (QED) is 0.823. The van der Waals surface area contributed by atoms with Crippen molar-refractivity contribution in [2.75, 3.05) is 0 Å². The molecule has 1 aromatic carbocycles. The van der Waals surface area contributed by atoms with E-state index in [2.05, 4.69) is 10.2 Å². The molecule has 0 spiro atoms. The number of hydrogen-bond acceptors (Lipinski definition) is 6. The highest BCUT2D eigenvalue weighted by molar-refractivity contribution is 8.00. The fourth-order valence-electron chi connectivity index (χ4n) is 1.41. The van der Waals surface area contributed by atoms with Gasteiger partial charge in [-0.3, -0.25) is 4.79 Å². The van der Waals surface area contributed by atoms with E-state index in [1.165, 1.54) is 24.3 Å². The van der Waals surface area contributed by atoms with Crippen LogP contribution in [0.25, 0.3) is 0 Å². The van der Waals surface area contributed by atoms with Gasteiger partial charge in [0.25, 0.3) is 11.1 Å². The summed E-state index contributed by atoms with van der Waals surface area (Å²) >= 11 is 1.08. The molecular weight excluding hydrogens is 297 g/mol. The average Bonchev–Trinajstić information content (AvgIpc) is 2.90. The average molecular weight is 311 g/mol. The van der Waals surface area contributed by atoms with Crippen LogP contribution in [0.4, 0.5) is 4.39 Å². The van der Waals surface area contributed by atoms with Gasteiger partial charge in [-0.25, -0.2) is 4.39 Å². The minimum absolute atomic E-state index is 0.242. The molecule has 6 nitrogen and oxygen atoms in total. The summed E-state index contributed by atoms with van der Waals surface area (Å²) in [6.07, 6.45) is -0.499. The summed E-state index contributed by atoms with van der Waals surface area (Å²) in [6.45, 7) is 3.37. The van der Waals surface area contributed by atoms with Gasteiger partial charge in [-0.05, 0) is 38.1 Å². The van der Waals surface area contributed by atoms with Crippen LogP contribution >= 0.6 is 11.8 Å². The van der Waals surface area contributed by atoms with Gasteiger partial charge in [-0.1, -0.05) is 11.8 Å². The number of rotatable bonds is 6. The fourth-order valence-corrected chi connectivity index (χ4v) is 2.05. The molecule has 2 aromatic rings. The minimum Gasteiger partial charge on any atom is -0.481 e. The molecule has 1 aromatic heterocycles. The number of hydrogen-bond donors (Lipinski definition) is 1. The Morgan fingerprint density at radius 2 is 2.00 bits per heavy atom. The Morgan fingerprint density at radius 1 is 1.33 bits per heavy atom. The first-order chi connectivity index (χ1) is 9.95. The highest BCUT2D eigenvalue weighted by Crippen LogP contribution is 2.26. The smallest absolute Gasteiger partial charge is 0.277 e. The maximum atomic E-state index is 12.8. The second-order valence-corrected chi connectivity index (χ2v) is 5.57. The van der Waals surface area contributed by atoms with Crippen LogP contribution in [0, 0.1) is 5.82 Å². The van der Waals surface area contributed by atoms with Crippen molar-refractivity contribution in [2.45, 2.75) is 30.4 Å². The van der Waals surface area contributed by atoms with E-state index in [0.29, 0.717) is 5.75 Å². The lowest BCUT2D eigenvalue weighted by molar-refractivity contribution is -0.117. The fraction of sp³-hybridized carbons (Fsp3) is 0.308. The highest BCUT2D eigenvalue weighted by Gasteiger charge is 2.19. The predicted molar refractivity (Wildman–Crippen MR) is 74.3 cm³/mol. The molecule has 1 amide bonds. The van der Waals surface area contributed by atoms with Crippen LogP contribution in [0.1, 0.15) is 25.8 Å². The first-order valence-corrected chi connectivity index (χ1v) is 7.05. The van der Waals surface area contributed by atoms with E-state index in [1.807, 2.05) is 0 Å². The van der Waals surface area contributed by atoms with Crippen LogP contribution < -0.4 is 10.5 Å². The van der Waals surface area contributed by atoms with Crippen molar-refractivity contribution >= 4 is 17.7 Å². The number of aromatic nitrogens is 2. The van der Waals surface area contributed by atoms with Crippen LogP contribution in [0.15, 0.2) is 33.9 Å². The summed E-state index contributed by atoms with van der Waals surface area (Å²) in [5.74, 6) is -0.0532. The third-order valence-electron chi connectivity index (χ3n) is 2.57. The lowest BCUT2D eigenvalue weighted by Crippen LogP contribution is -2.22. The molecule has 0 aliphatic heterocycles. The molecule has 0 radical (unpaired) electrons. The molecule has 0 saturated heterocycles. The Labute approximate surface area is 124 Å². The summed E-state index contributed by atoms with van der Waals surface area (Å²) in [7, 11) is 0. The van der Waals surface area contributed by atoms with Crippen LogP contribution in [0.5, 0.6) is 5.75 Å². The van der Waals surface area contributed by atoms with Crippen molar-refractivity contribution in [3.05, 3.63) is 36.0 Å². The largest absolute Gasteiger partial charge is 0.481 e. The second-order valence-electron chi connectivity index (χ2n) is 4.28.